The summed E-state index contributed by atoms with van der Waals surface area (Å²) in [7, 11) is 0. The summed E-state index contributed by atoms with van der Waals surface area (Å²) in [4.78, 5) is 12.1. The summed E-state index contributed by atoms with van der Waals surface area (Å²) < 4.78 is 40.4. The van der Waals surface area contributed by atoms with E-state index < -0.39 is 24.3 Å². The van der Waals surface area contributed by atoms with E-state index in [1.54, 1.807) is 32.9 Å². The molecular formula is C18H25F2NO4. The van der Waals surface area contributed by atoms with Crippen LogP contribution in [0.2, 0.25) is 0 Å². The van der Waals surface area contributed by atoms with Gasteiger partial charge in [-0.3, -0.25) is 0 Å². The molecule has 1 aliphatic carbocycles. The number of carbonyl (C=O) groups is 1. The minimum absolute atomic E-state index is 0.0981. The van der Waals surface area contributed by atoms with Gasteiger partial charge in [0.1, 0.15) is 11.4 Å². The Morgan fingerprint density at radius 2 is 2.08 bits per heavy atom. The number of halogens is 2. The Balaban J connectivity index is 2.18. The number of hydrogen-bond donors (Lipinski definition) is 1. The second-order valence-corrected chi connectivity index (χ2v) is 6.98. The highest BCUT2D eigenvalue weighted by Crippen LogP contribution is 2.36. The molecule has 0 bridgehead atoms. The number of amides is 1. The number of alkyl halides is 2. The zero-order valence-corrected chi connectivity index (χ0v) is 15.0. The van der Waals surface area contributed by atoms with Crippen molar-refractivity contribution in [2.45, 2.75) is 64.9 Å². The molecule has 1 N–H and O–H groups in total. The number of nitrogens with one attached hydrogen (secondary N) is 1. The van der Waals surface area contributed by atoms with Crippen molar-refractivity contribution < 1.29 is 27.8 Å². The van der Waals surface area contributed by atoms with Gasteiger partial charge in [-0.05, 0) is 50.5 Å². The number of alkyl carbamates (subject to hydrolysis) is 1. The largest absolute Gasteiger partial charge is 0.444 e. The molecule has 2 rings (SSSR count). The van der Waals surface area contributed by atoms with Gasteiger partial charge in [-0.2, -0.15) is 8.78 Å². The van der Waals surface area contributed by atoms with Crippen molar-refractivity contribution in [2.75, 3.05) is 6.61 Å². The van der Waals surface area contributed by atoms with Crippen molar-refractivity contribution in [1.29, 1.82) is 0 Å². The summed E-state index contributed by atoms with van der Waals surface area (Å²) in [5, 5.41) is 2.84. The number of benzene rings is 1. The number of carbonyl (C=O) groups excluding carboxylic acids is 1. The summed E-state index contributed by atoms with van der Waals surface area (Å²) in [6, 6.07) is 4.33. The van der Waals surface area contributed by atoms with Crippen molar-refractivity contribution in [1.82, 2.24) is 5.32 Å². The molecule has 7 heteroatoms. The Bertz CT molecular complexity index is 601. The monoisotopic (exact) mass is 357 g/mol. The maximum Gasteiger partial charge on any atom is 0.408 e. The summed E-state index contributed by atoms with van der Waals surface area (Å²) in [5.41, 5.74) is 1.04. The molecule has 1 aromatic carbocycles. The predicted octanol–water partition coefficient (Wildman–Crippen LogP) is 4.21. The van der Waals surface area contributed by atoms with Gasteiger partial charge in [0.25, 0.3) is 0 Å². The Morgan fingerprint density at radius 1 is 1.36 bits per heavy atom. The van der Waals surface area contributed by atoms with E-state index >= 15 is 0 Å². The fourth-order valence-electron chi connectivity index (χ4n) is 2.80. The van der Waals surface area contributed by atoms with Crippen molar-refractivity contribution >= 4 is 6.09 Å². The van der Waals surface area contributed by atoms with Crippen LogP contribution in [0, 0.1) is 0 Å². The number of hydrogen-bond acceptors (Lipinski definition) is 4. The van der Waals surface area contributed by atoms with Gasteiger partial charge in [0.2, 0.25) is 0 Å². The van der Waals surface area contributed by atoms with E-state index in [4.69, 9.17) is 9.47 Å². The second-order valence-electron chi connectivity index (χ2n) is 6.98. The van der Waals surface area contributed by atoms with Crippen LogP contribution in [0.15, 0.2) is 18.2 Å². The van der Waals surface area contributed by atoms with Crippen LogP contribution in [0.5, 0.6) is 5.75 Å². The second kappa shape index (κ2) is 7.99. The van der Waals surface area contributed by atoms with Crippen LogP contribution in [0.1, 0.15) is 51.3 Å². The molecule has 25 heavy (non-hydrogen) atoms. The van der Waals surface area contributed by atoms with Crippen LogP contribution in [-0.4, -0.2) is 31.0 Å². The fourth-order valence-corrected chi connectivity index (χ4v) is 2.80. The van der Waals surface area contributed by atoms with Gasteiger partial charge >= 0.3 is 12.7 Å². The molecule has 0 spiro atoms. The van der Waals surface area contributed by atoms with E-state index in [0.29, 0.717) is 13.0 Å². The van der Waals surface area contributed by atoms with Crippen molar-refractivity contribution in [3.63, 3.8) is 0 Å². The van der Waals surface area contributed by atoms with Crippen molar-refractivity contribution in [2.24, 2.45) is 0 Å². The number of rotatable bonds is 6. The van der Waals surface area contributed by atoms with Crippen LogP contribution < -0.4 is 10.1 Å². The Morgan fingerprint density at radius 3 is 2.68 bits per heavy atom. The highest BCUT2D eigenvalue weighted by atomic mass is 19.3. The SMILES string of the molecule is CCCOC1Cc2cc(OC(F)F)ccc2C1NC(=O)OC(C)(C)C. The lowest BCUT2D eigenvalue weighted by Gasteiger charge is -2.25. The van der Waals surface area contributed by atoms with E-state index in [0.717, 1.165) is 17.5 Å². The molecule has 0 saturated heterocycles. The topological polar surface area (TPSA) is 56.8 Å². The molecule has 5 nitrogen and oxygen atoms in total. The lowest BCUT2D eigenvalue weighted by Crippen LogP contribution is -2.39. The quantitative estimate of drug-likeness (QED) is 0.829. The summed E-state index contributed by atoms with van der Waals surface area (Å²) in [6.45, 7) is 5.03. The van der Waals surface area contributed by atoms with E-state index in [-0.39, 0.29) is 11.9 Å². The third-order valence-electron chi connectivity index (χ3n) is 3.68. The van der Waals surface area contributed by atoms with Gasteiger partial charge in [-0.1, -0.05) is 13.0 Å². The zero-order valence-electron chi connectivity index (χ0n) is 15.0. The van der Waals surface area contributed by atoms with E-state index in [1.807, 2.05) is 6.92 Å². The normalized spacial score (nSPS) is 19.6. The lowest BCUT2D eigenvalue weighted by atomic mass is 10.1. The standard InChI is InChI=1S/C18H25F2NO4/c1-5-8-23-14-10-11-9-12(24-16(19)20)6-7-13(11)15(14)21-17(22)25-18(2,3)4/h6-7,9,14-16H,5,8,10H2,1-4H3,(H,21,22). The van der Waals surface area contributed by atoms with Crippen LogP contribution in [0.4, 0.5) is 13.6 Å². The molecule has 140 valence electrons. The van der Waals surface area contributed by atoms with Crippen molar-refractivity contribution in [3.05, 3.63) is 29.3 Å². The van der Waals surface area contributed by atoms with Crippen LogP contribution >= 0.6 is 0 Å². The highest BCUT2D eigenvalue weighted by molar-refractivity contribution is 5.69. The smallest absolute Gasteiger partial charge is 0.408 e. The molecule has 2 unspecified atom stereocenters. The molecule has 1 aromatic rings. The molecule has 1 amide bonds. The summed E-state index contributed by atoms with van der Waals surface area (Å²) in [6.07, 6.45) is 0.537. The first-order valence-corrected chi connectivity index (χ1v) is 8.38. The van der Waals surface area contributed by atoms with E-state index in [1.165, 1.54) is 6.07 Å². The van der Waals surface area contributed by atoms with Gasteiger partial charge in [0.15, 0.2) is 0 Å². The van der Waals surface area contributed by atoms with Gasteiger partial charge in [-0.15, -0.1) is 0 Å². The highest BCUT2D eigenvalue weighted by Gasteiger charge is 2.35. The van der Waals surface area contributed by atoms with E-state index in [9.17, 15) is 13.6 Å². The third-order valence-corrected chi connectivity index (χ3v) is 3.68. The summed E-state index contributed by atoms with van der Waals surface area (Å²) in [5.74, 6) is 0.0981. The Hall–Kier alpha value is -1.89. The number of fused-ring (bicyclic) bond motifs is 1. The summed E-state index contributed by atoms with van der Waals surface area (Å²) >= 11 is 0. The molecule has 0 saturated carbocycles. The Kier molecular flexibility index (Phi) is 6.21. The first-order chi connectivity index (χ1) is 11.7. The minimum atomic E-state index is -2.87. The maximum atomic E-state index is 12.4. The zero-order chi connectivity index (χ0) is 18.6. The number of ether oxygens (including phenoxy) is 3. The fraction of sp³-hybridized carbons (Fsp3) is 0.611. The molecule has 0 fully saturated rings. The van der Waals surface area contributed by atoms with E-state index in [2.05, 4.69) is 10.1 Å². The minimum Gasteiger partial charge on any atom is -0.444 e. The first kappa shape index (κ1) is 19.4. The molecule has 0 aromatic heterocycles. The molecule has 2 atom stereocenters. The van der Waals surface area contributed by atoms with Gasteiger partial charge in [0.05, 0.1) is 12.1 Å². The average Bonchev–Trinajstić information content (AvgIpc) is 2.79. The predicted molar refractivity (Wildman–Crippen MR) is 88.9 cm³/mol. The molecule has 0 aliphatic heterocycles. The lowest BCUT2D eigenvalue weighted by molar-refractivity contribution is -0.0498. The molecule has 0 radical (unpaired) electrons. The van der Waals surface area contributed by atoms with Crippen LogP contribution in [0.25, 0.3) is 0 Å². The average molecular weight is 357 g/mol. The molecule has 0 heterocycles. The van der Waals surface area contributed by atoms with Crippen LogP contribution in [-0.2, 0) is 15.9 Å². The molecule has 1 aliphatic rings. The van der Waals surface area contributed by atoms with Gasteiger partial charge < -0.3 is 19.5 Å². The Labute approximate surface area is 146 Å². The van der Waals surface area contributed by atoms with Gasteiger partial charge in [0, 0.05) is 13.0 Å². The van der Waals surface area contributed by atoms with Gasteiger partial charge in [-0.25, -0.2) is 4.79 Å². The first-order valence-electron chi connectivity index (χ1n) is 8.38. The van der Waals surface area contributed by atoms with Crippen LogP contribution in [0.3, 0.4) is 0 Å². The maximum absolute atomic E-state index is 12.4. The third kappa shape index (κ3) is 5.56. The molecular weight excluding hydrogens is 332 g/mol. The van der Waals surface area contributed by atoms with Crippen molar-refractivity contribution in [3.8, 4) is 5.75 Å².